The minimum Gasteiger partial charge on any atom is -0.352 e. The summed E-state index contributed by atoms with van der Waals surface area (Å²) in [7, 11) is 0. The summed E-state index contributed by atoms with van der Waals surface area (Å²) in [5.74, 6) is 0.636. The SMILES string of the molecule is CC(C(=O)NCc1ccc(-c2ccccc2)cc1)[C@H]1CC[C@@H](c2ccnc3ccc(F)cc32)CC1. The third kappa shape index (κ3) is 5.27. The predicted octanol–water partition coefficient (Wildman–Crippen LogP) is 7.27. The van der Waals surface area contributed by atoms with E-state index in [1.807, 2.05) is 30.5 Å². The first-order valence-electron chi connectivity index (χ1n) is 12.5. The number of hydrogen-bond acceptors (Lipinski definition) is 2. The van der Waals surface area contributed by atoms with Gasteiger partial charge in [0.15, 0.2) is 0 Å². The largest absolute Gasteiger partial charge is 0.352 e. The molecule has 0 radical (unpaired) electrons. The second-order valence-corrected chi connectivity index (χ2v) is 9.74. The Morgan fingerprint density at radius 3 is 2.40 bits per heavy atom. The monoisotopic (exact) mass is 466 g/mol. The van der Waals surface area contributed by atoms with Crippen molar-refractivity contribution < 1.29 is 9.18 Å². The van der Waals surface area contributed by atoms with Crippen LogP contribution in [0, 0.1) is 17.7 Å². The van der Waals surface area contributed by atoms with E-state index in [4.69, 9.17) is 0 Å². The number of amides is 1. The highest BCUT2D eigenvalue weighted by molar-refractivity contribution is 5.82. The van der Waals surface area contributed by atoms with Crippen LogP contribution in [0.25, 0.3) is 22.0 Å². The van der Waals surface area contributed by atoms with E-state index in [0.29, 0.717) is 18.4 Å². The molecular formula is C31H31FN2O. The van der Waals surface area contributed by atoms with Gasteiger partial charge in [0.2, 0.25) is 5.91 Å². The molecule has 4 aromatic rings. The maximum atomic E-state index is 13.9. The summed E-state index contributed by atoms with van der Waals surface area (Å²) < 4.78 is 13.9. The highest BCUT2D eigenvalue weighted by Crippen LogP contribution is 2.40. The van der Waals surface area contributed by atoms with E-state index in [1.165, 1.54) is 22.8 Å². The number of pyridine rings is 1. The van der Waals surface area contributed by atoms with Gasteiger partial charge in [-0.05, 0) is 84.0 Å². The quantitative estimate of drug-likeness (QED) is 0.325. The second-order valence-electron chi connectivity index (χ2n) is 9.74. The van der Waals surface area contributed by atoms with Crippen molar-refractivity contribution in [3.8, 4) is 11.1 Å². The fourth-order valence-electron chi connectivity index (χ4n) is 5.44. The molecular weight excluding hydrogens is 435 g/mol. The molecule has 3 nitrogen and oxygen atoms in total. The number of rotatable bonds is 6. The van der Waals surface area contributed by atoms with Crippen molar-refractivity contribution in [1.29, 1.82) is 0 Å². The molecule has 1 unspecified atom stereocenters. The van der Waals surface area contributed by atoms with E-state index in [-0.39, 0.29) is 17.6 Å². The van der Waals surface area contributed by atoms with Gasteiger partial charge in [-0.2, -0.15) is 0 Å². The van der Waals surface area contributed by atoms with Crippen molar-refractivity contribution in [2.75, 3.05) is 0 Å². The van der Waals surface area contributed by atoms with E-state index >= 15 is 0 Å². The van der Waals surface area contributed by atoms with Crippen LogP contribution in [-0.4, -0.2) is 10.9 Å². The smallest absolute Gasteiger partial charge is 0.223 e. The number of nitrogens with zero attached hydrogens (tertiary/aromatic N) is 1. The Kier molecular flexibility index (Phi) is 6.89. The van der Waals surface area contributed by atoms with Gasteiger partial charge in [-0.3, -0.25) is 9.78 Å². The first-order valence-corrected chi connectivity index (χ1v) is 12.5. The van der Waals surface area contributed by atoms with Crippen LogP contribution in [0.2, 0.25) is 0 Å². The molecule has 4 heteroatoms. The van der Waals surface area contributed by atoms with Crippen molar-refractivity contribution >= 4 is 16.8 Å². The highest BCUT2D eigenvalue weighted by atomic mass is 19.1. The fraction of sp³-hybridized carbons (Fsp3) is 0.290. The Bertz CT molecular complexity index is 1290. The van der Waals surface area contributed by atoms with Crippen molar-refractivity contribution in [3.63, 3.8) is 0 Å². The molecule has 1 saturated carbocycles. The summed E-state index contributed by atoms with van der Waals surface area (Å²) in [4.78, 5) is 17.3. The van der Waals surface area contributed by atoms with Crippen LogP contribution in [0.4, 0.5) is 4.39 Å². The number of fused-ring (bicyclic) bond motifs is 1. The van der Waals surface area contributed by atoms with Crippen LogP contribution >= 0.6 is 0 Å². The summed E-state index contributed by atoms with van der Waals surface area (Å²) >= 11 is 0. The van der Waals surface area contributed by atoms with Gasteiger partial charge >= 0.3 is 0 Å². The van der Waals surface area contributed by atoms with Crippen LogP contribution in [-0.2, 0) is 11.3 Å². The zero-order valence-corrected chi connectivity index (χ0v) is 20.1. The van der Waals surface area contributed by atoms with Gasteiger partial charge < -0.3 is 5.32 Å². The van der Waals surface area contributed by atoms with Crippen LogP contribution in [0.1, 0.15) is 49.7 Å². The molecule has 0 bridgehead atoms. The topological polar surface area (TPSA) is 42.0 Å². The number of nitrogens with one attached hydrogen (secondary N) is 1. The van der Waals surface area contributed by atoms with Crippen LogP contribution in [0.5, 0.6) is 0 Å². The zero-order valence-electron chi connectivity index (χ0n) is 20.1. The average Bonchev–Trinajstić information content (AvgIpc) is 2.92. The predicted molar refractivity (Wildman–Crippen MR) is 139 cm³/mol. The molecule has 178 valence electrons. The van der Waals surface area contributed by atoms with E-state index < -0.39 is 0 Å². The molecule has 3 aromatic carbocycles. The first-order chi connectivity index (χ1) is 17.1. The average molecular weight is 467 g/mol. The normalized spacial score (nSPS) is 18.8. The Morgan fingerprint density at radius 1 is 0.943 bits per heavy atom. The maximum absolute atomic E-state index is 13.9. The van der Waals surface area contributed by atoms with E-state index in [9.17, 15) is 9.18 Å². The van der Waals surface area contributed by atoms with E-state index in [1.54, 1.807) is 12.1 Å². The standard InChI is InChI=1S/C31H31FN2O/c1-21(31(35)34-20-22-7-9-25(10-8-22)24-5-3-2-4-6-24)23-11-13-26(14-12-23)28-17-18-33-30-16-15-27(32)19-29(28)30/h2-10,15-19,21,23,26H,11-14,20H2,1H3,(H,34,35)/t21?,23-,26+. The molecule has 0 aliphatic heterocycles. The number of carbonyl (C=O) groups excluding carboxylic acids is 1. The lowest BCUT2D eigenvalue weighted by molar-refractivity contribution is -0.126. The molecule has 1 amide bonds. The van der Waals surface area contributed by atoms with E-state index in [0.717, 1.165) is 42.1 Å². The maximum Gasteiger partial charge on any atom is 0.223 e. The zero-order chi connectivity index (χ0) is 24.2. The molecule has 35 heavy (non-hydrogen) atoms. The van der Waals surface area contributed by atoms with Crippen molar-refractivity contribution in [1.82, 2.24) is 10.3 Å². The molecule has 1 heterocycles. The number of aromatic nitrogens is 1. The molecule has 5 rings (SSSR count). The Labute approximate surface area is 206 Å². The second kappa shape index (κ2) is 10.4. The van der Waals surface area contributed by atoms with E-state index in [2.05, 4.69) is 53.6 Å². The molecule has 1 aromatic heterocycles. The van der Waals surface area contributed by atoms with Gasteiger partial charge in [-0.1, -0.05) is 61.5 Å². The Balaban J connectivity index is 1.15. The van der Waals surface area contributed by atoms with Crippen LogP contribution in [0.3, 0.4) is 0 Å². The van der Waals surface area contributed by atoms with Crippen molar-refractivity contribution in [3.05, 3.63) is 102 Å². The lowest BCUT2D eigenvalue weighted by Crippen LogP contribution is -2.34. The van der Waals surface area contributed by atoms with Gasteiger partial charge in [0.1, 0.15) is 5.82 Å². The third-order valence-electron chi connectivity index (χ3n) is 7.60. The van der Waals surface area contributed by atoms with Gasteiger partial charge in [0, 0.05) is 24.0 Å². The summed E-state index contributed by atoms with van der Waals surface area (Å²) in [5.41, 5.74) is 5.50. The highest BCUT2D eigenvalue weighted by Gasteiger charge is 2.30. The van der Waals surface area contributed by atoms with Gasteiger partial charge in [0.05, 0.1) is 5.52 Å². The summed E-state index contributed by atoms with van der Waals surface area (Å²) in [5, 5.41) is 4.06. The van der Waals surface area contributed by atoms with Gasteiger partial charge in [-0.25, -0.2) is 4.39 Å². The molecule has 1 N–H and O–H groups in total. The van der Waals surface area contributed by atoms with Crippen molar-refractivity contribution in [2.45, 2.75) is 45.1 Å². The number of halogens is 1. The molecule has 0 saturated heterocycles. The Morgan fingerprint density at radius 2 is 1.66 bits per heavy atom. The van der Waals surface area contributed by atoms with Gasteiger partial charge in [-0.15, -0.1) is 0 Å². The summed E-state index contributed by atoms with van der Waals surface area (Å²) in [6, 6.07) is 25.5. The third-order valence-corrected chi connectivity index (χ3v) is 7.60. The number of carbonyl (C=O) groups is 1. The lowest BCUT2D eigenvalue weighted by atomic mass is 9.73. The first kappa shape index (κ1) is 23.2. The molecule has 0 spiro atoms. The van der Waals surface area contributed by atoms with Gasteiger partial charge in [0.25, 0.3) is 0 Å². The molecule has 1 aliphatic rings. The molecule has 1 fully saturated rings. The van der Waals surface area contributed by atoms with Crippen LogP contribution in [0.15, 0.2) is 85.1 Å². The number of hydrogen-bond donors (Lipinski definition) is 1. The fourth-order valence-corrected chi connectivity index (χ4v) is 5.44. The minimum absolute atomic E-state index is 0.0221. The Hall–Kier alpha value is -3.53. The molecule has 1 atom stereocenters. The van der Waals surface area contributed by atoms with Crippen LogP contribution < -0.4 is 5.32 Å². The summed E-state index contributed by atoms with van der Waals surface area (Å²) in [6.45, 7) is 2.60. The number of benzene rings is 3. The summed E-state index contributed by atoms with van der Waals surface area (Å²) in [6.07, 6.45) is 5.86. The lowest BCUT2D eigenvalue weighted by Gasteiger charge is -2.32. The minimum atomic E-state index is -0.222. The van der Waals surface area contributed by atoms with Crippen molar-refractivity contribution in [2.24, 2.45) is 11.8 Å². The molecule has 1 aliphatic carbocycles.